The lowest BCUT2D eigenvalue weighted by Gasteiger charge is -2.39. The number of rotatable bonds is 3. The minimum atomic E-state index is -0.463. The maximum Gasteiger partial charge on any atom is 0.303 e. The molecule has 1 rings (SSSR count). The van der Waals surface area contributed by atoms with E-state index in [9.17, 15) is 4.79 Å². The second-order valence-corrected chi connectivity index (χ2v) is 3.87. The van der Waals surface area contributed by atoms with Crippen molar-refractivity contribution in [2.24, 2.45) is 0 Å². The number of hydrogen-bond acceptors (Lipinski definition) is 5. The summed E-state index contributed by atoms with van der Waals surface area (Å²) in [5.74, 6) is -0.306. The fourth-order valence-corrected chi connectivity index (χ4v) is 1.83. The average Bonchev–Trinajstić information content (AvgIpc) is 2.16. The first-order valence-corrected chi connectivity index (χ1v) is 5.04. The Hall–Kier alpha value is -0.650. The predicted molar refractivity (Wildman–Crippen MR) is 54.4 cm³/mol. The number of hydrogen-bond donors (Lipinski definition) is 0. The van der Waals surface area contributed by atoms with Gasteiger partial charge in [-0.1, -0.05) is 0 Å². The van der Waals surface area contributed by atoms with Crippen LogP contribution >= 0.6 is 0 Å². The molecule has 88 valence electrons. The fourth-order valence-electron chi connectivity index (χ4n) is 1.83. The Morgan fingerprint density at radius 2 is 2.13 bits per heavy atom. The van der Waals surface area contributed by atoms with Crippen LogP contribution in [0.3, 0.4) is 0 Å². The monoisotopic (exact) mass is 217 g/mol. The Morgan fingerprint density at radius 1 is 1.47 bits per heavy atom. The maximum absolute atomic E-state index is 11.0. The summed E-state index contributed by atoms with van der Waals surface area (Å²) < 4.78 is 15.8. The summed E-state index contributed by atoms with van der Waals surface area (Å²) in [6.07, 6.45) is 0.0245. The van der Waals surface area contributed by atoms with Crippen LogP contribution in [0.25, 0.3) is 0 Å². The Labute approximate surface area is 90.3 Å². The molecule has 1 aliphatic rings. The number of esters is 1. The van der Waals surface area contributed by atoms with E-state index in [2.05, 4.69) is 0 Å². The van der Waals surface area contributed by atoms with Gasteiger partial charge < -0.3 is 19.1 Å². The van der Waals surface area contributed by atoms with Crippen molar-refractivity contribution in [1.29, 1.82) is 0 Å². The van der Waals surface area contributed by atoms with Crippen molar-refractivity contribution < 1.29 is 19.0 Å². The number of nitrogens with zero attached hydrogens (tertiary/aromatic N) is 1. The lowest BCUT2D eigenvalue weighted by Crippen LogP contribution is -2.53. The smallest absolute Gasteiger partial charge is 0.303 e. The van der Waals surface area contributed by atoms with Crippen LogP contribution in [-0.4, -0.2) is 57.1 Å². The molecule has 15 heavy (non-hydrogen) atoms. The van der Waals surface area contributed by atoms with E-state index in [-0.39, 0.29) is 18.1 Å². The van der Waals surface area contributed by atoms with E-state index in [4.69, 9.17) is 14.2 Å². The van der Waals surface area contributed by atoms with E-state index in [1.807, 2.05) is 19.0 Å². The van der Waals surface area contributed by atoms with E-state index < -0.39 is 6.29 Å². The molecule has 1 aliphatic heterocycles. The molecule has 5 heteroatoms. The van der Waals surface area contributed by atoms with Gasteiger partial charge in [-0.05, 0) is 20.5 Å². The first-order chi connectivity index (χ1) is 7.06. The average molecular weight is 217 g/mol. The first kappa shape index (κ1) is 12.4. The molecule has 0 saturated carbocycles. The Bertz CT molecular complexity index is 219. The Kier molecular flexibility index (Phi) is 4.50. The summed E-state index contributed by atoms with van der Waals surface area (Å²) in [7, 11) is 5.47. The third-order valence-corrected chi connectivity index (χ3v) is 2.54. The highest BCUT2D eigenvalue weighted by atomic mass is 16.7. The molecular weight excluding hydrogens is 198 g/mol. The number of carbonyl (C=O) groups excluding carboxylic acids is 1. The van der Waals surface area contributed by atoms with Gasteiger partial charge in [0.1, 0.15) is 0 Å². The quantitative estimate of drug-likeness (QED) is 0.634. The normalized spacial score (nSPS) is 31.7. The molecule has 0 radical (unpaired) electrons. The fraction of sp³-hybridized carbons (Fsp3) is 0.900. The summed E-state index contributed by atoms with van der Waals surface area (Å²) in [4.78, 5) is 13.0. The van der Waals surface area contributed by atoms with Gasteiger partial charge in [-0.25, -0.2) is 0 Å². The summed E-state index contributed by atoms with van der Waals surface area (Å²) >= 11 is 0. The molecular formula is C10H19NO4. The minimum Gasteiger partial charge on any atom is -0.455 e. The van der Waals surface area contributed by atoms with Crippen LogP contribution in [0.5, 0.6) is 0 Å². The molecule has 1 fully saturated rings. The molecule has 1 heterocycles. The summed E-state index contributed by atoms with van der Waals surface area (Å²) in [5.41, 5.74) is 0. The highest BCUT2D eigenvalue weighted by Gasteiger charge is 2.38. The summed E-state index contributed by atoms with van der Waals surface area (Å²) in [6.45, 7) is 2.02. The minimum absolute atomic E-state index is 0.146. The van der Waals surface area contributed by atoms with Crippen LogP contribution in [0, 0.1) is 0 Å². The van der Waals surface area contributed by atoms with Gasteiger partial charge in [-0.2, -0.15) is 0 Å². The molecule has 1 saturated heterocycles. The lowest BCUT2D eigenvalue weighted by atomic mass is 10.0. The molecule has 0 amide bonds. The van der Waals surface area contributed by atoms with E-state index >= 15 is 0 Å². The van der Waals surface area contributed by atoms with Crippen LogP contribution < -0.4 is 0 Å². The number of methoxy groups -OCH3 is 1. The SMILES string of the molecule is CO[C@H]1OCC[C@@H](N(C)C)[C@H]1OC(C)=O. The van der Waals surface area contributed by atoms with Crippen molar-refractivity contribution in [2.45, 2.75) is 31.8 Å². The highest BCUT2D eigenvalue weighted by molar-refractivity contribution is 5.66. The van der Waals surface area contributed by atoms with Crippen molar-refractivity contribution in [1.82, 2.24) is 4.90 Å². The van der Waals surface area contributed by atoms with Crippen molar-refractivity contribution in [3.63, 3.8) is 0 Å². The second-order valence-electron chi connectivity index (χ2n) is 3.87. The van der Waals surface area contributed by atoms with Crippen LogP contribution in [0.4, 0.5) is 0 Å². The van der Waals surface area contributed by atoms with Crippen LogP contribution in [0.15, 0.2) is 0 Å². The summed E-state index contributed by atoms with van der Waals surface area (Å²) in [6, 6.07) is 0.146. The van der Waals surface area contributed by atoms with Gasteiger partial charge >= 0.3 is 5.97 Å². The Balaban J connectivity index is 2.71. The Morgan fingerprint density at radius 3 is 2.60 bits per heavy atom. The molecule has 0 bridgehead atoms. The third kappa shape index (κ3) is 3.15. The van der Waals surface area contributed by atoms with Crippen molar-refractivity contribution in [3.05, 3.63) is 0 Å². The lowest BCUT2D eigenvalue weighted by molar-refractivity contribution is -0.231. The van der Waals surface area contributed by atoms with Gasteiger partial charge in [-0.3, -0.25) is 4.79 Å². The first-order valence-electron chi connectivity index (χ1n) is 5.04. The van der Waals surface area contributed by atoms with Gasteiger partial charge in [0.25, 0.3) is 0 Å². The zero-order valence-electron chi connectivity index (χ0n) is 9.73. The zero-order chi connectivity index (χ0) is 11.4. The van der Waals surface area contributed by atoms with E-state index in [0.717, 1.165) is 6.42 Å². The molecule has 0 aromatic carbocycles. The number of likely N-dealkylation sites (N-methyl/N-ethyl adjacent to an activating group) is 1. The summed E-state index contributed by atoms with van der Waals surface area (Å²) in [5, 5.41) is 0. The van der Waals surface area contributed by atoms with Crippen LogP contribution in [0.1, 0.15) is 13.3 Å². The molecule has 0 N–H and O–H groups in total. The van der Waals surface area contributed by atoms with Crippen molar-refractivity contribution in [3.8, 4) is 0 Å². The largest absolute Gasteiger partial charge is 0.455 e. The predicted octanol–water partition coefficient (Wildman–Crippen LogP) is 0.241. The standard InChI is InChI=1S/C10H19NO4/c1-7(12)15-9-8(11(2)3)5-6-14-10(9)13-4/h8-10H,5-6H2,1-4H3/t8-,9-,10+/m1/s1. The van der Waals surface area contributed by atoms with E-state index in [1.54, 1.807) is 7.11 Å². The van der Waals surface area contributed by atoms with Crippen LogP contribution in [-0.2, 0) is 19.0 Å². The number of ether oxygens (including phenoxy) is 3. The van der Waals surface area contributed by atoms with Gasteiger partial charge in [0.2, 0.25) is 0 Å². The topological polar surface area (TPSA) is 48.0 Å². The maximum atomic E-state index is 11.0. The molecule has 0 aliphatic carbocycles. The van der Waals surface area contributed by atoms with E-state index in [1.165, 1.54) is 6.92 Å². The van der Waals surface area contributed by atoms with Gasteiger partial charge in [-0.15, -0.1) is 0 Å². The highest BCUT2D eigenvalue weighted by Crippen LogP contribution is 2.21. The van der Waals surface area contributed by atoms with Gasteiger partial charge in [0, 0.05) is 14.0 Å². The van der Waals surface area contributed by atoms with Gasteiger partial charge in [0.05, 0.1) is 12.6 Å². The molecule has 0 spiro atoms. The number of carbonyl (C=O) groups is 1. The zero-order valence-corrected chi connectivity index (χ0v) is 9.73. The van der Waals surface area contributed by atoms with E-state index in [0.29, 0.717) is 6.61 Å². The van der Waals surface area contributed by atoms with Crippen molar-refractivity contribution in [2.75, 3.05) is 27.8 Å². The van der Waals surface area contributed by atoms with Gasteiger partial charge in [0.15, 0.2) is 12.4 Å². The molecule has 0 aromatic rings. The molecule has 5 nitrogen and oxygen atoms in total. The molecule has 3 atom stereocenters. The second kappa shape index (κ2) is 5.44. The third-order valence-electron chi connectivity index (χ3n) is 2.54. The van der Waals surface area contributed by atoms with Crippen LogP contribution in [0.2, 0.25) is 0 Å². The van der Waals surface area contributed by atoms with Crippen molar-refractivity contribution >= 4 is 5.97 Å². The molecule has 0 unspecified atom stereocenters. The molecule has 0 aromatic heterocycles.